The molecule has 2 fully saturated rings. The van der Waals surface area contributed by atoms with Crippen molar-refractivity contribution in [2.45, 2.75) is 31.8 Å². The number of fused-ring (bicyclic) bond motifs is 1. The van der Waals surface area contributed by atoms with E-state index in [1.54, 1.807) is 37.4 Å². The molecule has 2 aromatic rings. The van der Waals surface area contributed by atoms with Crippen molar-refractivity contribution in [2.24, 2.45) is 11.8 Å². The third-order valence-corrected chi connectivity index (χ3v) is 6.44. The lowest BCUT2D eigenvalue weighted by Crippen LogP contribution is -2.98. The number of carbonyl (C=O) groups is 3. The van der Waals surface area contributed by atoms with Gasteiger partial charge in [-0.2, -0.15) is 0 Å². The van der Waals surface area contributed by atoms with Crippen molar-refractivity contribution < 1.29 is 28.8 Å². The Bertz CT molecular complexity index is 1010. The number of hydrogen-bond acceptors (Lipinski definition) is 4. The highest BCUT2D eigenvalue weighted by Crippen LogP contribution is 2.46. The van der Waals surface area contributed by atoms with Gasteiger partial charge >= 0.3 is 5.97 Å². The van der Waals surface area contributed by atoms with Crippen molar-refractivity contribution in [1.29, 1.82) is 0 Å². The molecule has 0 spiro atoms. The molecule has 0 aromatic heterocycles. The molecule has 0 radical (unpaired) electrons. The van der Waals surface area contributed by atoms with Crippen LogP contribution in [0.1, 0.15) is 31.0 Å². The van der Waals surface area contributed by atoms with E-state index in [0.717, 1.165) is 5.56 Å². The number of carbonyl (C=O) groups excluding carboxylic acids is 3. The molecule has 2 amide bonds. The van der Waals surface area contributed by atoms with E-state index in [1.165, 1.54) is 11.0 Å². The van der Waals surface area contributed by atoms with Crippen molar-refractivity contribution >= 4 is 17.8 Å². The summed E-state index contributed by atoms with van der Waals surface area (Å²) in [6.07, 6.45) is 0.204. The fourth-order valence-corrected chi connectivity index (χ4v) is 5.16. The van der Waals surface area contributed by atoms with Gasteiger partial charge in [0.2, 0.25) is 17.4 Å². The number of amides is 2. The zero-order valence-electron chi connectivity index (χ0n) is 17.6. The number of esters is 1. The van der Waals surface area contributed by atoms with E-state index in [1.807, 2.05) is 30.3 Å². The highest BCUT2D eigenvalue weighted by Gasteiger charge is 2.72. The molecule has 0 bridgehead atoms. The van der Waals surface area contributed by atoms with Crippen molar-refractivity contribution in [3.8, 4) is 0 Å². The van der Waals surface area contributed by atoms with Gasteiger partial charge in [-0.25, -0.2) is 9.18 Å². The lowest BCUT2D eigenvalue weighted by molar-refractivity contribution is -0.734. The maximum atomic E-state index is 14.8. The average Bonchev–Trinajstić information content (AvgIpc) is 3.23. The first kappa shape index (κ1) is 21.2. The molecule has 2 N–H and O–H groups in total. The Kier molecular flexibility index (Phi) is 5.62. The molecule has 4 atom stereocenters. The van der Waals surface area contributed by atoms with E-state index in [0.29, 0.717) is 5.56 Å². The zero-order valence-corrected chi connectivity index (χ0v) is 17.6. The van der Waals surface area contributed by atoms with Crippen LogP contribution in [0, 0.1) is 17.7 Å². The molecule has 0 aliphatic carbocycles. The Morgan fingerprint density at radius 3 is 2.39 bits per heavy atom. The second-order valence-corrected chi connectivity index (χ2v) is 8.06. The summed E-state index contributed by atoms with van der Waals surface area (Å²) in [5.74, 6) is -3.53. The van der Waals surface area contributed by atoms with Crippen LogP contribution in [0.4, 0.5) is 4.39 Å². The largest absolute Gasteiger partial charge is 0.461 e. The molecular formula is C24H26FN2O4+. The molecule has 2 aliphatic rings. The van der Waals surface area contributed by atoms with Gasteiger partial charge < -0.3 is 10.1 Å². The summed E-state index contributed by atoms with van der Waals surface area (Å²) in [6, 6.07) is 14.8. The zero-order chi connectivity index (χ0) is 22.2. The Labute approximate surface area is 180 Å². The normalized spacial score (nSPS) is 27.5. The van der Waals surface area contributed by atoms with E-state index < -0.39 is 41.1 Å². The highest BCUT2D eigenvalue weighted by molar-refractivity contribution is 6.08. The first-order chi connectivity index (χ1) is 14.9. The summed E-state index contributed by atoms with van der Waals surface area (Å²) in [6.45, 7) is 3.78. The van der Waals surface area contributed by atoms with E-state index in [-0.39, 0.29) is 25.5 Å². The Balaban J connectivity index is 1.89. The molecule has 7 heteroatoms. The molecule has 6 nitrogen and oxygen atoms in total. The topological polar surface area (TPSA) is 80.3 Å². The van der Waals surface area contributed by atoms with Crippen LogP contribution in [0.5, 0.6) is 0 Å². The molecule has 0 unspecified atom stereocenters. The lowest BCUT2D eigenvalue weighted by atomic mass is 9.76. The van der Waals surface area contributed by atoms with Crippen LogP contribution in [0.3, 0.4) is 0 Å². The molecule has 2 aliphatic heterocycles. The molecule has 31 heavy (non-hydrogen) atoms. The minimum absolute atomic E-state index is 0.143. The van der Waals surface area contributed by atoms with Gasteiger partial charge in [-0.05, 0) is 25.5 Å². The second kappa shape index (κ2) is 8.23. The summed E-state index contributed by atoms with van der Waals surface area (Å²) in [5, 5.41) is 1.70. The first-order valence-corrected chi connectivity index (χ1v) is 10.6. The minimum atomic E-state index is -1.36. The second-order valence-electron chi connectivity index (χ2n) is 8.06. The fourth-order valence-electron chi connectivity index (χ4n) is 5.16. The van der Waals surface area contributed by atoms with E-state index in [2.05, 4.69) is 0 Å². The van der Waals surface area contributed by atoms with Crippen LogP contribution in [0.25, 0.3) is 0 Å². The van der Waals surface area contributed by atoms with Crippen LogP contribution in [0.2, 0.25) is 0 Å². The maximum Gasteiger partial charge on any atom is 0.369 e. The van der Waals surface area contributed by atoms with Crippen LogP contribution in [-0.4, -0.2) is 41.4 Å². The number of quaternary nitrogens is 1. The van der Waals surface area contributed by atoms with E-state index in [9.17, 15) is 18.8 Å². The van der Waals surface area contributed by atoms with Gasteiger partial charge in [0.25, 0.3) is 0 Å². The monoisotopic (exact) mass is 425 g/mol. The predicted octanol–water partition coefficient (Wildman–Crippen LogP) is 1.61. The SMILES string of the molecule is CCOC(=O)[C@]1(Cc2ccccc2)[NH2+][C@H](c2ccccc2F)[C@H]2C(=O)N(CC)C(=O)[C@@H]21. The van der Waals surface area contributed by atoms with Gasteiger partial charge in [-0.3, -0.25) is 14.5 Å². The number of benzene rings is 2. The lowest BCUT2D eigenvalue weighted by Gasteiger charge is -2.29. The van der Waals surface area contributed by atoms with Gasteiger partial charge in [0, 0.05) is 18.5 Å². The Hall–Kier alpha value is -3.06. The number of hydrogen-bond donors (Lipinski definition) is 1. The average molecular weight is 425 g/mol. The number of ether oxygens (including phenoxy) is 1. The standard InChI is InChI=1S/C24H25FN2O4/c1-3-27-21(28)18-19(22(27)29)24(23(30)31-4-2,14-15-10-6-5-7-11-15)26-20(18)16-12-8-9-13-17(16)25/h5-13,18-20,26H,3-4,14H2,1-2H3/p+1/t18-,19+,20+,24+/m0/s1. The van der Waals surface area contributed by atoms with Gasteiger partial charge in [-0.15, -0.1) is 0 Å². The maximum absolute atomic E-state index is 14.8. The molecule has 2 aromatic carbocycles. The van der Waals surface area contributed by atoms with Gasteiger partial charge in [-0.1, -0.05) is 48.5 Å². The fraction of sp³-hybridized carbons (Fsp3) is 0.375. The smallest absolute Gasteiger partial charge is 0.369 e. The molecular weight excluding hydrogens is 399 g/mol. The van der Waals surface area contributed by atoms with Crippen molar-refractivity contribution in [2.75, 3.05) is 13.2 Å². The van der Waals surface area contributed by atoms with Crippen LogP contribution >= 0.6 is 0 Å². The number of nitrogens with zero attached hydrogens (tertiary/aromatic N) is 1. The van der Waals surface area contributed by atoms with Crippen molar-refractivity contribution in [3.63, 3.8) is 0 Å². The quantitative estimate of drug-likeness (QED) is 0.563. The summed E-state index contributed by atoms with van der Waals surface area (Å²) >= 11 is 0. The third-order valence-electron chi connectivity index (χ3n) is 6.44. The Morgan fingerprint density at radius 2 is 1.74 bits per heavy atom. The molecule has 0 saturated carbocycles. The van der Waals surface area contributed by atoms with Gasteiger partial charge in [0.1, 0.15) is 23.7 Å². The summed E-state index contributed by atoms with van der Waals surface area (Å²) in [5.41, 5.74) is -0.197. The minimum Gasteiger partial charge on any atom is -0.461 e. The van der Waals surface area contributed by atoms with Gasteiger partial charge in [0.05, 0.1) is 6.61 Å². The number of nitrogens with two attached hydrogens (primary N) is 1. The van der Waals surface area contributed by atoms with E-state index in [4.69, 9.17) is 4.74 Å². The van der Waals surface area contributed by atoms with Crippen molar-refractivity contribution in [3.05, 3.63) is 71.5 Å². The molecule has 4 rings (SSSR count). The predicted molar refractivity (Wildman–Crippen MR) is 110 cm³/mol. The summed E-state index contributed by atoms with van der Waals surface area (Å²) < 4.78 is 20.2. The van der Waals surface area contributed by atoms with E-state index >= 15 is 0 Å². The number of rotatable bonds is 6. The van der Waals surface area contributed by atoms with Crippen LogP contribution < -0.4 is 5.32 Å². The Morgan fingerprint density at radius 1 is 1.06 bits per heavy atom. The van der Waals surface area contributed by atoms with Gasteiger partial charge in [0.15, 0.2) is 0 Å². The molecule has 2 heterocycles. The van der Waals surface area contributed by atoms with Crippen LogP contribution in [-0.2, 0) is 25.5 Å². The molecule has 2 saturated heterocycles. The first-order valence-electron chi connectivity index (χ1n) is 10.6. The van der Waals surface area contributed by atoms with Crippen LogP contribution in [0.15, 0.2) is 54.6 Å². The number of imide groups is 1. The summed E-state index contributed by atoms with van der Waals surface area (Å²) in [7, 11) is 0. The number of likely N-dealkylation sites (tertiary alicyclic amines) is 1. The third kappa shape index (κ3) is 3.33. The number of halogens is 1. The van der Waals surface area contributed by atoms with Crippen molar-refractivity contribution in [1.82, 2.24) is 4.90 Å². The summed E-state index contributed by atoms with van der Waals surface area (Å²) in [4.78, 5) is 41.2. The highest BCUT2D eigenvalue weighted by atomic mass is 19.1. The molecule has 162 valence electrons.